The summed E-state index contributed by atoms with van der Waals surface area (Å²) in [5, 5.41) is 1.79. The molecule has 1 aromatic heterocycles. The van der Waals surface area contributed by atoms with E-state index < -0.39 is 10.0 Å². The molecule has 0 spiro atoms. The van der Waals surface area contributed by atoms with Gasteiger partial charge in [0.05, 0.1) is 0 Å². The fraction of sp³-hybridized carbons (Fsp3) is 0.636. The van der Waals surface area contributed by atoms with Gasteiger partial charge in [0.25, 0.3) is 10.0 Å². The Kier molecular flexibility index (Phi) is 4.47. The van der Waals surface area contributed by atoms with Gasteiger partial charge in [0.15, 0.2) is 0 Å². The SMILES string of the molecule is O=S(=O)(c1cccs1)N1CCCCCC1CCl. The fourth-order valence-electron chi connectivity index (χ4n) is 2.15. The van der Waals surface area contributed by atoms with Gasteiger partial charge in [-0.15, -0.1) is 22.9 Å². The second-order valence-corrected chi connectivity index (χ2v) is 7.58. The minimum Gasteiger partial charge on any atom is -0.206 e. The maximum atomic E-state index is 12.4. The Morgan fingerprint density at radius 1 is 1.41 bits per heavy atom. The van der Waals surface area contributed by atoms with Crippen LogP contribution in [0.25, 0.3) is 0 Å². The first kappa shape index (κ1) is 13.3. The van der Waals surface area contributed by atoms with Gasteiger partial charge >= 0.3 is 0 Å². The van der Waals surface area contributed by atoms with E-state index in [-0.39, 0.29) is 6.04 Å². The van der Waals surface area contributed by atoms with Crippen LogP contribution in [-0.2, 0) is 10.0 Å². The largest absolute Gasteiger partial charge is 0.252 e. The van der Waals surface area contributed by atoms with Gasteiger partial charge in [-0.3, -0.25) is 0 Å². The van der Waals surface area contributed by atoms with E-state index in [1.807, 2.05) is 0 Å². The van der Waals surface area contributed by atoms with Gasteiger partial charge in [-0.25, -0.2) is 8.42 Å². The first-order chi connectivity index (χ1) is 8.16. The number of hydrogen-bond donors (Lipinski definition) is 0. The highest BCUT2D eigenvalue weighted by molar-refractivity contribution is 7.91. The summed E-state index contributed by atoms with van der Waals surface area (Å²) >= 11 is 7.18. The minimum absolute atomic E-state index is 0.0498. The van der Waals surface area contributed by atoms with Crippen molar-refractivity contribution < 1.29 is 8.42 Å². The highest BCUT2D eigenvalue weighted by Gasteiger charge is 2.32. The van der Waals surface area contributed by atoms with Crippen molar-refractivity contribution in [2.45, 2.75) is 35.9 Å². The van der Waals surface area contributed by atoms with Crippen LogP contribution < -0.4 is 0 Å². The Labute approximate surface area is 111 Å². The molecule has 2 heterocycles. The Morgan fingerprint density at radius 3 is 2.88 bits per heavy atom. The third kappa shape index (κ3) is 2.84. The van der Waals surface area contributed by atoms with E-state index in [1.165, 1.54) is 11.3 Å². The van der Waals surface area contributed by atoms with Crippen LogP contribution in [0.4, 0.5) is 0 Å². The van der Waals surface area contributed by atoms with E-state index in [2.05, 4.69) is 0 Å². The Hall–Kier alpha value is -0.100. The van der Waals surface area contributed by atoms with E-state index in [0.29, 0.717) is 16.6 Å². The molecule has 1 saturated heterocycles. The van der Waals surface area contributed by atoms with Crippen molar-refractivity contribution in [3.05, 3.63) is 17.5 Å². The van der Waals surface area contributed by atoms with E-state index in [0.717, 1.165) is 25.7 Å². The maximum Gasteiger partial charge on any atom is 0.252 e. The van der Waals surface area contributed by atoms with Crippen LogP contribution in [0.15, 0.2) is 21.7 Å². The van der Waals surface area contributed by atoms with Gasteiger partial charge in [0.2, 0.25) is 0 Å². The molecule has 1 unspecified atom stereocenters. The molecule has 0 aliphatic carbocycles. The van der Waals surface area contributed by atoms with Crippen molar-refractivity contribution in [2.75, 3.05) is 12.4 Å². The average Bonchev–Trinajstić information content (AvgIpc) is 2.74. The molecule has 17 heavy (non-hydrogen) atoms. The zero-order valence-corrected chi connectivity index (χ0v) is 11.9. The molecule has 0 radical (unpaired) electrons. The number of sulfonamides is 1. The monoisotopic (exact) mass is 293 g/mol. The molecule has 6 heteroatoms. The lowest BCUT2D eigenvalue weighted by Crippen LogP contribution is -2.40. The molecule has 1 aromatic rings. The summed E-state index contributed by atoms with van der Waals surface area (Å²) in [6.07, 6.45) is 3.95. The van der Waals surface area contributed by atoms with Crippen molar-refractivity contribution in [1.82, 2.24) is 4.31 Å². The molecule has 0 saturated carbocycles. The van der Waals surface area contributed by atoms with E-state index in [4.69, 9.17) is 11.6 Å². The number of hydrogen-bond acceptors (Lipinski definition) is 3. The molecular weight excluding hydrogens is 278 g/mol. The van der Waals surface area contributed by atoms with Crippen molar-refractivity contribution in [3.63, 3.8) is 0 Å². The lowest BCUT2D eigenvalue weighted by atomic mass is 10.1. The molecule has 1 fully saturated rings. The fourth-order valence-corrected chi connectivity index (χ4v) is 5.36. The van der Waals surface area contributed by atoms with Crippen molar-refractivity contribution >= 4 is 33.0 Å². The summed E-state index contributed by atoms with van der Waals surface area (Å²) in [6, 6.07) is 3.38. The molecule has 1 aliphatic rings. The number of thiophene rings is 1. The second-order valence-electron chi connectivity index (χ2n) is 4.21. The summed E-state index contributed by atoms with van der Waals surface area (Å²) in [4.78, 5) is 0. The average molecular weight is 294 g/mol. The smallest absolute Gasteiger partial charge is 0.206 e. The zero-order valence-electron chi connectivity index (χ0n) is 9.51. The van der Waals surface area contributed by atoms with Gasteiger partial charge in [0.1, 0.15) is 4.21 Å². The van der Waals surface area contributed by atoms with Crippen LogP contribution in [0, 0.1) is 0 Å². The van der Waals surface area contributed by atoms with E-state index >= 15 is 0 Å². The van der Waals surface area contributed by atoms with Gasteiger partial charge < -0.3 is 0 Å². The molecule has 3 nitrogen and oxygen atoms in total. The van der Waals surface area contributed by atoms with Crippen LogP contribution in [0.3, 0.4) is 0 Å². The summed E-state index contributed by atoms with van der Waals surface area (Å²) in [7, 11) is -3.34. The lowest BCUT2D eigenvalue weighted by Gasteiger charge is -2.26. The van der Waals surface area contributed by atoms with Crippen molar-refractivity contribution in [3.8, 4) is 0 Å². The van der Waals surface area contributed by atoms with Gasteiger partial charge in [-0.2, -0.15) is 4.31 Å². The van der Waals surface area contributed by atoms with Crippen LogP contribution in [0.1, 0.15) is 25.7 Å². The molecule has 0 bridgehead atoms. The standard InChI is InChI=1S/C11H16ClNO2S2/c12-9-10-5-2-1-3-7-13(10)17(14,15)11-6-4-8-16-11/h4,6,8,10H,1-3,5,7,9H2. The lowest BCUT2D eigenvalue weighted by molar-refractivity contribution is 0.346. The quantitative estimate of drug-likeness (QED) is 0.804. The third-order valence-electron chi connectivity index (χ3n) is 3.06. The first-order valence-corrected chi connectivity index (χ1v) is 8.63. The van der Waals surface area contributed by atoms with Gasteiger partial charge in [-0.1, -0.05) is 18.9 Å². The first-order valence-electron chi connectivity index (χ1n) is 5.77. The van der Waals surface area contributed by atoms with Crippen molar-refractivity contribution in [1.29, 1.82) is 0 Å². The number of rotatable bonds is 3. The molecule has 0 amide bonds. The van der Waals surface area contributed by atoms with Crippen molar-refractivity contribution in [2.24, 2.45) is 0 Å². The second kappa shape index (κ2) is 5.69. The Morgan fingerprint density at radius 2 is 2.24 bits per heavy atom. The molecule has 0 aromatic carbocycles. The highest BCUT2D eigenvalue weighted by Crippen LogP contribution is 2.27. The number of alkyl halides is 1. The molecule has 2 rings (SSSR count). The minimum atomic E-state index is -3.34. The highest BCUT2D eigenvalue weighted by atomic mass is 35.5. The zero-order chi connectivity index (χ0) is 12.3. The summed E-state index contributed by atoms with van der Waals surface area (Å²) < 4.78 is 26.9. The maximum absolute atomic E-state index is 12.4. The number of halogens is 1. The molecule has 1 atom stereocenters. The Balaban J connectivity index is 2.29. The van der Waals surface area contributed by atoms with Crippen LogP contribution in [0.2, 0.25) is 0 Å². The molecule has 96 valence electrons. The van der Waals surface area contributed by atoms with E-state index in [1.54, 1.807) is 21.8 Å². The van der Waals surface area contributed by atoms with Crippen LogP contribution in [-0.4, -0.2) is 31.2 Å². The molecule has 1 aliphatic heterocycles. The van der Waals surface area contributed by atoms with Crippen LogP contribution in [0.5, 0.6) is 0 Å². The van der Waals surface area contributed by atoms with Gasteiger partial charge in [0, 0.05) is 18.5 Å². The molecule has 0 N–H and O–H groups in total. The Bertz CT molecular complexity index is 444. The number of nitrogens with zero attached hydrogens (tertiary/aromatic N) is 1. The molecular formula is C11H16ClNO2S2. The summed E-state index contributed by atoms with van der Waals surface area (Å²) in [5.41, 5.74) is 0. The normalized spacial score (nSPS) is 23.5. The topological polar surface area (TPSA) is 37.4 Å². The summed E-state index contributed by atoms with van der Waals surface area (Å²) in [5.74, 6) is 0.380. The predicted molar refractivity (Wildman–Crippen MR) is 71.2 cm³/mol. The van der Waals surface area contributed by atoms with E-state index in [9.17, 15) is 8.42 Å². The van der Waals surface area contributed by atoms with Crippen LogP contribution >= 0.6 is 22.9 Å². The third-order valence-corrected chi connectivity index (χ3v) is 6.74. The predicted octanol–water partition coefficient (Wildman–Crippen LogP) is 2.92. The van der Waals surface area contributed by atoms with Gasteiger partial charge in [-0.05, 0) is 24.3 Å². The summed E-state index contributed by atoms with van der Waals surface area (Å²) in [6.45, 7) is 0.595.